The predicted molar refractivity (Wildman–Crippen MR) is 109 cm³/mol. The van der Waals surface area contributed by atoms with Gasteiger partial charge < -0.3 is 15.4 Å². The summed E-state index contributed by atoms with van der Waals surface area (Å²) in [5.41, 5.74) is 7.68. The lowest BCUT2D eigenvalue weighted by Gasteiger charge is -2.32. The van der Waals surface area contributed by atoms with Gasteiger partial charge in [0.05, 0.1) is 34.3 Å². The van der Waals surface area contributed by atoms with Crippen LogP contribution in [0, 0.1) is 6.92 Å². The van der Waals surface area contributed by atoms with Crippen LogP contribution >= 0.6 is 24.0 Å². The van der Waals surface area contributed by atoms with Crippen LogP contribution in [0.5, 0.6) is 0 Å². The highest BCUT2D eigenvalue weighted by molar-refractivity contribution is 6.32. The molecule has 2 N–H and O–H groups in total. The molecule has 2 aromatic rings. The second-order valence-electron chi connectivity index (χ2n) is 6.51. The molecule has 0 spiro atoms. The summed E-state index contributed by atoms with van der Waals surface area (Å²) in [5.74, 6) is 0.0150. The van der Waals surface area contributed by atoms with E-state index in [1.807, 2.05) is 36.1 Å². The molecule has 2 heterocycles. The average molecular weight is 413 g/mol. The van der Waals surface area contributed by atoms with Crippen molar-refractivity contribution in [2.75, 3.05) is 26.2 Å². The summed E-state index contributed by atoms with van der Waals surface area (Å²) in [4.78, 5) is 14.8. The second kappa shape index (κ2) is 10.1. The third-order valence-corrected chi connectivity index (χ3v) is 5.07. The van der Waals surface area contributed by atoms with Crippen molar-refractivity contribution in [3.05, 3.63) is 46.7 Å². The average Bonchev–Trinajstić information content (AvgIpc) is 3.03. The molecule has 1 aliphatic rings. The summed E-state index contributed by atoms with van der Waals surface area (Å²) < 4.78 is 7.53. The number of hydrogen-bond acceptors (Lipinski definition) is 4. The predicted octanol–water partition coefficient (Wildman–Crippen LogP) is 3.23. The van der Waals surface area contributed by atoms with Gasteiger partial charge in [0, 0.05) is 19.7 Å². The Balaban J connectivity index is 0.00000261. The van der Waals surface area contributed by atoms with Crippen molar-refractivity contribution in [2.45, 2.75) is 32.3 Å². The van der Waals surface area contributed by atoms with Gasteiger partial charge in [-0.25, -0.2) is 4.68 Å². The molecule has 1 fully saturated rings. The van der Waals surface area contributed by atoms with Gasteiger partial charge >= 0.3 is 0 Å². The number of amides is 1. The lowest BCUT2D eigenvalue weighted by molar-refractivity contribution is 0.00843. The molecular weight excluding hydrogens is 387 g/mol. The summed E-state index contributed by atoms with van der Waals surface area (Å²) in [7, 11) is 0. The Kier molecular flexibility index (Phi) is 8.10. The van der Waals surface area contributed by atoms with Crippen LogP contribution in [-0.4, -0.2) is 52.9 Å². The number of aromatic nitrogens is 2. The number of nitrogens with two attached hydrogens (primary N) is 1. The van der Waals surface area contributed by atoms with E-state index in [-0.39, 0.29) is 24.4 Å². The van der Waals surface area contributed by atoms with E-state index in [1.54, 1.807) is 10.9 Å². The van der Waals surface area contributed by atoms with Crippen LogP contribution in [0.4, 0.5) is 0 Å². The van der Waals surface area contributed by atoms with Gasteiger partial charge in [-0.1, -0.05) is 23.7 Å². The molecule has 1 saturated heterocycles. The largest absolute Gasteiger partial charge is 0.378 e. The van der Waals surface area contributed by atoms with Crippen LogP contribution in [0.2, 0.25) is 5.02 Å². The molecule has 8 heteroatoms. The molecule has 148 valence electrons. The molecule has 1 aliphatic heterocycles. The standard InChI is InChI=1S/C19H25ClN4O2.ClH/c1-14-16(13-22-24(14)18-6-3-2-5-17(18)20)19(25)23-10-7-15(8-11-23)26-12-4-9-21;/h2-3,5-6,13,15H,4,7-12,21H2,1H3;1H. The van der Waals surface area contributed by atoms with Gasteiger partial charge in [0.1, 0.15) is 0 Å². The first kappa shape index (κ1) is 21.7. The van der Waals surface area contributed by atoms with E-state index >= 15 is 0 Å². The summed E-state index contributed by atoms with van der Waals surface area (Å²) in [6.45, 7) is 4.63. The maximum absolute atomic E-state index is 12.9. The van der Waals surface area contributed by atoms with Crippen molar-refractivity contribution in [3.8, 4) is 5.69 Å². The molecule has 0 atom stereocenters. The molecule has 27 heavy (non-hydrogen) atoms. The lowest BCUT2D eigenvalue weighted by Crippen LogP contribution is -2.41. The Hall–Kier alpha value is -1.60. The minimum atomic E-state index is 0. The number of nitrogens with zero attached hydrogens (tertiary/aromatic N) is 3. The van der Waals surface area contributed by atoms with Crippen molar-refractivity contribution < 1.29 is 9.53 Å². The minimum absolute atomic E-state index is 0. The van der Waals surface area contributed by atoms with Gasteiger partial charge in [-0.05, 0) is 44.9 Å². The smallest absolute Gasteiger partial charge is 0.257 e. The zero-order valence-electron chi connectivity index (χ0n) is 15.4. The number of piperidine rings is 1. The SMILES string of the molecule is Cc1c(C(=O)N2CCC(OCCCN)CC2)cnn1-c1ccccc1Cl.Cl. The van der Waals surface area contributed by atoms with Crippen molar-refractivity contribution >= 4 is 29.9 Å². The third-order valence-electron chi connectivity index (χ3n) is 4.75. The quantitative estimate of drug-likeness (QED) is 0.738. The van der Waals surface area contributed by atoms with Crippen molar-refractivity contribution in [2.24, 2.45) is 5.73 Å². The number of halogens is 2. The molecule has 1 aromatic carbocycles. The molecule has 0 unspecified atom stereocenters. The van der Waals surface area contributed by atoms with E-state index in [4.69, 9.17) is 22.1 Å². The van der Waals surface area contributed by atoms with Crippen LogP contribution < -0.4 is 5.73 Å². The number of likely N-dealkylation sites (tertiary alicyclic amines) is 1. The molecular formula is C19H26Cl2N4O2. The van der Waals surface area contributed by atoms with Crippen molar-refractivity contribution in [3.63, 3.8) is 0 Å². The maximum atomic E-state index is 12.9. The van der Waals surface area contributed by atoms with Crippen LogP contribution in [0.3, 0.4) is 0 Å². The van der Waals surface area contributed by atoms with E-state index in [9.17, 15) is 4.79 Å². The molecule has 1 amide bonds. The van der Waals surface area contributed by atoms with Crippen LogP contribution in [0.15, 0.2) is 30.5 Å². The molecule has 0 radical (unpaired) electrons. The molecule has 0 saturated carbocycles. The zero-order chi connectivity index (χ0) is 18.5. The van der Waals surface area contributed by atoms with Gasteiger partial charge in [-0.3, -0.25) is 4.79 Å². The molecule has 0 bridgehead atoms. The molecule has 3 rings (SSSR count). The monoisotopic (exact) mass is 412 g/mol. The molecule has 1 aromatic heterocycles. The normalized spacial score (nSPS) is 14.9. The topological polar surface area (TPSA) is 73.4 Å². The van der Waals surface area contributed by atoms with E-state index in [1.165, 1.54) is 0 Å². The van der Waals surface area contributed by atoms with E-state index in [2.05, 4.69) is 5.10 Å². The number of para-hydroxylation sites is 1. The number of ether oxygens (including phenoxy) is 1. The van der Waals surface area contributed by atoms with Gasteiger partial charge in [0.15, 0.2) is 0 Å². The number of carbonyl (C=O) groups is 1. The maximum Gasteiger partial charge on any atom is 0.257 e. The fourth-order valence-corrected chi connectivity index (χ4v) is 3.43. The highest BCUT2D eigenvalue weighted by Gasteiger charge is 2.26. The Morgan fingerprint density at radius 2 is 2.04 bits per heavy atom. The Labute approximate surface area is 171 Å². The zero-order valence-corrected chi connectivity index (χ0v) is 17.0. The lowest BCUT2D eigenvalue weighted by atomic mass is 10.1. The number of carbonyl (C=O) groups excluding carboxylic acids is 1. The van der Waals surface area contributed by atoms with Gasteiger partial charge in [0.2, 0.25) is 0 Å². The summed E-state index contributed by atoms with van der Waals surface area (Å²) >= 11 is 6.26. The first-order chi connectivity index (χ1) is 12.6. The minimum Gasteiger partial charge on any atom is -0.378 e. The molecule has 0 aliphatic carbocycles. The fourth-order valence-electron chi connectivity index (χ4n) is 3.22. The Morgan fingerprint density at radius 1 is 1.33 bits per heavy atom. The van der Waals surface area contributed by atoms with Gasteiger partial charge in [-0.15, -0.1) is 12.4 Å². The van der Waals surface area contributed by atoms with E-state index < -0.39 is 0 Å². The molecule has 6 nitrogen and oxygen atoms in total. The van der Waals surface area contributed by atoms with Crippen LogP contribution in [0.25, 0.3) is 5.69 Å². The van der Waals surface area contributed by atoms with Gasteiger partial charge in [0.25, 0.3) is 5.91 Å². The van der Waals surface area contributed by atoms with E-state index in [0.29, 0.717) is 36.8 Å². The Morgan fingerprint density at radius 3 is 2.70 bits per heavy atom. The number of rotatable bonds is 6. The summed E-state index contributed by atoms with van der Waals surface area (Å²) in [5, 5.41) is 4.98. The third kappa shape index (κ3) is 5.02. The number of hydrogen-bond donors (Lipinski definition) is 1. The number of benzene rings is 1. The van der Waals surface area contributed by atoms with Crippen molar-refractivity contribution in [1.29, 1.82) is 0 Å². The highest BCUT2D eigenvalue weighted by Crippen LogP contribution is 2.23. The Bertz CT molecular complexity index is 758. The van der Waals surface area contributed by atoms with Gasteiger partial charge in [-0.2, -0.15) is 5.10 Å². The highest BCUT2D eigenvalue weighted by atomic mass is 35.5. The van der Waals surface area contributed by atoms with E-state index in [0.717, 1.165) is 30.6 Å². The first-order valence-corrected chi connectivity index (χ1v) is 9.40. The van der Waals surface area contributed by atoms with Crippen molar-refractivity contribution in [1.82, 2.24) is 14.7 Å². The second-order valence-corrected chi connectivity index (χ2v) is 6.92. The first-order valence-electron chi connectivity index (χ1n) is 9.02. The summed E-state index contributed by atoms with van der Waals surface area (Å²) in [6.07, 6.45) is 4.43. The van der Waals surface area contributed by atoms with Crippen LogP contribution in [-0.2, 0) is 4.74 Å². The van der Waals surface area contributed by atoms with Crippen LogP contribution in [0.1, 0.15) is 35.3 Å². The fraction of sp³-hybridized carbons (Fsp3) is 0.474. The summed E-state index contributed by atoms with van der Waals surface area (Å²) in [6, 6.07) is 7.48.